The highest BCUT2D eigenvalue weighted by Gasteiger charge is 2.15. The first kappa shape index (κ1) is 12.1. The number of hydrogen-bond donors (Lipinski definition) is 0. The Morgan fingerprint density at radius 3 is 2.44 bits per heavy atom. The van der Waals surface area contributed by atoms with Crippen LogP contribution >= 0.6 is 0 Å². The van der Waals surface area contributed by atoms with Crippen molar-refractivity contribution in [3.05, 3.63) is 64.0 Å². The number of rotatable bonds is 2. The SMILES string of the molecule is O=[N+]([O-])c1cc(F)cc(-c2cccc(F)c2F)c1. The van der Waals surface area contributed by atoms with Crippen molar-refractivity contribution in [1.29, 1.82) is 0 Å². The van der Waals surface area contributed by atoms with Crippen molar-refractivity contribution < 1.29 is 18.1 Å². The van der Waals surface area contributed by atoms with Crippen LogP contribution in [0.5, 0.6) is 0 Å². The van der Waals surface area contributed by atoms with Gasteiger partial charge in [-0.1, -0.05) is 12.1 Å². The molecule has 0 aliphatic heterocycles. The lowest BCUT2D eigenvalue weighted by molar-refractivity contribution is -0.385. The first-order valence-electron chi connectivity index (χ1n) is 4.88. The topological polar surface area (TPSA) is 43.1 Å². The van der Waals surface area contributed by atoms with Gasteiger partial charge in [-0.25, -0.2) is 13.2 Å². The summed E-state index contributed by atoms with van der Waals surface area (Å²) in [5.41, 5.74) is -0.829. The summed E-state index contributed by atoms with van der Waals surface area (Å²) in [5, 5.41) is 10.6. The smallest absolute Gasteiger partial charge is 0.258 e. The third-order valence-electron chi connectivity index (χ3n) is 2.36. The van der Waals surface area contributed by atoms with Gasteiger partial charge in [0.2, 0.25) is 0 Å². The number of non-ortho nitro benzene ring substituents is 1. The van der Waals surface area contributed by atoms with Crippen molar-refractivity contribution in [1.82, 2.24) is 0 Å². The predicted octanol–water partition coefficient (Wildman–Crippen LogP) is 3.68. The van der Waals surface area contributed by atoms with Gasteiger partial charge < -0.3 is 0 Å². The van der Waals surface area contributed by atoms with E-state index < -0.39 is 28.1 Å². The molecule has 0 atom stereocenters. The molecule has 0 bridgehead atoms. The molecule has 0 saturated heterocycles. The summed E-state index contributed by atoms with van der Waals surface area (Å²) in [5.74, 6) is -3.15. The summed E-state index contributed by atoms with van der Waals surface area (Å²) < 4.78 is 39.7. The van der Waals surface area contributed by atoms with Crippen molar-refractivity contribution in [2.24, 2.45) is 0 Å². The largest absolute Gasteiger partial charge is 0.272 e. The van der Waals surface area contributed by atoms with Crippen LogP contribution in [0.4, 0.5) is 18.9 Å². The van der Waals surface area contributed by atoms with E-state index in [1.54, 1.807) is 0 Å². The second kappa shape index (κ2) is 4.48. The minimum absolute atomic E-state index is 0.0845. The zero-order valence-corrected chi connectivity index (χ0v) is 8.86. The third-order valence-corrected chi connectivity index (χ3v) is 2.36. The number of halogens is 3. The van der Waals surface area contributed by atoms with E-state index in [2.05, 4.69) is 0 Å². The molecule has 6 heteroatoms. The minimum atomic E-state index is -1.17. The molecule has 0 fully saturated rings. The molecule has 0 heterocycles. The number of nitrogens with zero attached hydrogens (tertiary/aromatic N) is 1. The first-order valence-corrected chi connectivity index (χ1v) is 4.88. The van der Waals surface area contributed by atoms with E-state index in [0.717, 1.165) is 18.2 Å². The normalized spacial score (nSPS) is 10.4. The van der Waals surface area contributed by atoms with Gasteiger partial charge in [-0.3, -0.25) is 10.1 Å². The lowest BCUT2D eigenvalue weighted by atomic mass is 10.0. The summed E-state index contributed by atoms with van der Waals surface area (Å²) in [6, 6.07) is 5.97. The summed E-state index contributed by atoms with van der Waals surface area (Å²) in [6.45, 7) is 0. The molecule has 2 rings (SSSR count). The zero-order chi connectivity index (χ0) is 13.3. The summed E-state index contributed by atoms with van der Waals surface area (Å²) in [7, 11) is 0. The summed E-state index contributed by atoms with van der Waals surface area (Å²) in [6.07, 6.45) is 0. The van der Waals surface area contributed by atoms with Crippen molar-refractivity contribution in [3.63, 3.8) is 0 Å². The fraction of sp³-hybridized carbons (Fsp3) is 0. The summed E-state index contributed by atoms with van der Waals surface area (Å²) in [4.78, 5) is 9.76. The average Bonchev–Trinajstić information content (AvgIpc) is 2.31. The number of nitro benzene ring substituents is 1. The Bertz CT molecular complexity index is 629. The Labute approximate surface area is 99.6 Å². The second-order valence-corrected chi connectivity index (χ2v) is 3.56. The van der Waals surface area contributed by atoms with Crippen molar-refractivity contribution in [3.8, 4) is 11.1 Å². The Balaban J connectivity index is 2.64. The maximum atomic E-state index is 13.5. The van der Waals surface area contributed by atoms with Crippen LogP contribution in [-0.2, 0) is 0 Å². The van der Waals surface area contributed by atoms with Gasteiger partial charge in [-0.15, -0.1) is 0 Å². The molecular weight excluding hydrogens is 247 g/mol. The number of benzene rings is 2. The maximum absolute atomic E-state index is 13.5. The standard InChI is InChI=1S/C12H6F3NO2/c13-8-4-7(5-9(6-8)16(17)18)10-2-1-3-11(14)12(10)15/h1-6H. The maximum Gasteiger partial charge on any atom is 0.272 e. The first-order chi connectivity index (χ1) is 8.49. The highest BCUT2D eigenvalue weighted by Crippen LogP contribution is 2.28. The molecule has 2 aromatic carbocycles. The average molecular weight is 253 g/mol. The molecule has 0 aromatic heterocycles. The van der Waals surface area contributed by atoms with E-state index in [-0.39, 0.29) is 11.1 Å². The van der Waals surface area contributed by atoms with E-state index in [4.69, 9.17) is 0 Å². The molecule has 0 aliphatic carbocycles. The zero-order valence-electron chi connectivity index (χ0n) is 8.86. The molecular formula is C12H6F3NO2. The molecule has 0 spiro atoms. The molecule has 3 nitrogen and oxygen atoms in total. The number of hydrogen-bond acceptors (Lipinski definition) is 2. The highest BCUT2D eigenvalue weighted by molar-refractivity contribution is 5.67. The minimum Gasteiger partial charge on any atom is -0.258 e. The Morgan fingerprint density at radius 1 is 1.06 bits per heavy atom. The molecule has 0 saturated carbocycles. The van der Waals surface area contributed by atoms with E-state index in [1.165, 1.54) is 12.1 Å². The molecule has 0 unspecified atom stereocenters. The van der Waals surface area contributed by atoms with Gasteiger partial charge in [0.15, 0.2) is 11.6 Å². The molecule has 0 N–H and O–H groups in total. The molecule has 0 radical (unpaired) electrons. The fourth-order valence-electron chi connectivity index (χ4n) is 1.56. The van der Waals surface area contributed by atoms with Crippen LogP contribution in [0.3, 0.4) is 0 Å². The molecule has 2 aromatic rings. The van der Waals surface area contributed by atoms with Crippen LogP contribution in [0.1, 0.15) is 0 Å². The van der Waals surface area contributed by atoms with Crippen LogP contribution < -0.4 is 0 Å². The van der Waals surface area contributed by atoms with Crippen LogP contribution in [0, 0.1) is 27.6 Å². The lowest BCUT2D eigenvalue weighted by Gasteiger charge is -2.04. The van der Waals surface area contributed by atoms with Gasteiger partial charge in [-0.2, -0.15) is 0 Å². The van der Waals surface area contributed by atoms with Gasteiger partial charge in [0.05, 0.1) is 11.0 Å². The highest BCUT2D eigenvalue weighted by atomic mass is 19.2. The summed E-state index contributed by atoms with van der Waals surface area (Å²) >= 11 is 0. The van der Waals surface area contributed by atoms with Crippen LogP contribution in [-0.4, -0.2) is 4.92 Å². The molecule has 0 aliphatic rings. The molecule has 18 heavy (non-hydrogen) atoms. The van der Waals surface area contributed by atoms with E-state index in [1.807, 2.05) is 0 Å². The predicted molar refractivity (Wildman–Crippen MR) is 58.4 cm³/mol. The van der Waals surface area contributed by atoms with E-state index >= 15 is 0 Å². The van der Waals surface area contributed by atoms with Gasteiger partial charge in [0.1, 0.15) is 5.82 Å². The van der Waals surface area contributed by atoms with E-state index in [0.29, 0.717) is 6.07 Å². The molecule has 0 amide bonds. The van der Waals surface area contributed by atoms with Gasteiger partial charge >= 0.3 is 0 Å². The van der Waals surface area contributed by atoms with Gasteiger partial charge in [0, 0.05) is 11.6 Å². The van der Waals surface area contributed by atoms with Crippen molar-refractivity contribution in [2.45, 2.75) is 0 Å². The van der Waals surface area contributed by atoms with Crippen molar-refractivity contribution >= 4 is 5.69 Å². The fourth-order valence-corrected chi connectivity index (χ4v) is 1.56. The van der Waals surface area contributed by atoms with Crippen LogP contribution in [0.25, 0.3) is 11.1 Å². The Morgan fingerprint density at radius 2 is 1.78 bits per heavy atom. The van der Waals surface area contributed by atoms with Gasteiger partial charge in [0.25, 0.3) is 5.69 Å². The van der Waals surface area contributed by atoms with E-state index in [9.17, 15) is 23.3 Å². The van der Waals surface area contributed by atoms with Crippen LogP contribution in [0.15, 0.2) is 36.4 Å². The lowest BCUT2D eigenvalue weighted by Crippen LogP contribution is -1.93. The number of nitro groups is 1. The van der Waals surface area contributed by atoms with Crippen LogP contribution in [0.2, 0.25) is 0 Å². The quantitative estimate of drug-likeness (QED) is 0.605. The Hall–Kier alpha value is -2.37. The van der Waals surface area contributed by atoms with Gasteiger partial charge in [-0.05, 0) is 17.7 Å². The Kier molecular flexibility index (Phi) is 3.01. The second-order valence-electron chi connectivity index (χ2n) is 3.56. The monoisotopic (exact) mass is 253 g/mol. The third kappa shape index (κ3) is 2.17. The van der Waals surface area contributed by atoms with Crippen molar-refractivity contribution in [2.75, 3.05) is 0 Å². The molecule has 92 valence electrons.